The smallest absolute Gasteiger partial charge is 0.0249 e. The van der Waals surface area contributed by atoms with Crippen LogP contribution in [0.4, 0.5) is 0 Å². The highest BCUT2D eigenvalue weighted by molar-refractivity contribution is 7.98. The van der Waals surface area contributed by atoms with Crippen LogP contribution in [0.15, 0.2) is 29.2 Å². The molecule has 1 rings (SSSR count). The second-order valence-electron chi connectivity index (χ2n) is 5.15. The van der Waals surface area contributed by atoms with Crippen LogP contribution in [0.25, 0.3) is 0 Å². The van der Waals surface area contributed by atoms with Crippen molar-refractivity contribution in [1.82, 2.24) is 10.2 Å². The molecular weight excluding hydrogens is 228 g/mol. The molecule has 0 bridgehead atoms. The largest absolute Gasteiger partial charge is 0.314 e. The zero-order valence-electron chi connectivity index (χ0n) is 11.6. The molecule has 0 aliphatic heterocycles. The Balaban J connectivity index is 2.52. The van der Waals surface area contributed by atoms with E-state index in [2.05, 4.69) is 61.6 Å². The number of hydrogen-bond donors (Lipinski definition) is 1. The van der Waals surface area contributed by atoms with Gasteiger partial charge < -0.3 is 10.2 Å². The first-order valence-electron chi connectivity index (χ1n) is 5.97. The molecule has 0 saturated carbocycles. The van der Waals surface area contributed by atoms with Crippen LogP contribution in [0.5, 0.6) is 0 Å². The van der Waals surface area contributed by atoms with Crippen molar-refractivity contribution in [3.05, 3.63) is 29.8 Å². The Hall–Kier alpha value is -0.510. The van der Waals surface area contributed by atoms with Gasteiger partial charge in [0.1, 0.15) is 0 Å². The molecule has 0 fully saturated rings. The molecule has 2 nitrogen and oxygen atoms in total. The van der Waals surface area contributed by atoms with Crippen LogP contribution in [-0.4, -0.2) is 37.3 Å². The van der Waals surface area contributed by atoms with E-state index in [1.807, 2.05) is 7.05 Å². The Bertz CT molecular complexity index is 333. The summed E-state index contributed by atoms with van der Waals surface area (Å²) in [6, 6.07) is 8.82. The van der Waals surface area contributed by atoms with Gasteiger partial charge in [-0.25, -0.2) is 0 Å². The average molecular weight is 252 g/mol. The highest BCUT2D eigenvalue weighted by Crippen LogP contribution is 2.16. The third kappa shape index (κ3) is 5.11. The summed E-state index contributed by atoms with van der Waals surface area (Å²) in [6.45, 7) is 6.48. The molecule has 1 aromatic carbocycles. The van der Waals surface area contributed by atoms with Crippen molar-refractivity contribution >= 4 is 11.8 Å². The van der Waals surface area contributed by atoms with E-state index in [0.717, 1.165) is 13.1 Å². The highest BCUT2D eigenvalue weighted by atomic mass is 32.2. The standard InChI is InChI=1S/C14H24N2S/c1-14(2,15-3)11-16(4)10-12-6-8-13(17-5)9-7-12/h6-9,15H,10-11H2,1-5H3. The van der Waals surface area contributed by atoms with Crippen molar-refractivity contribution < 1.29 is 0 Å². The molecular formula is C14H24N2S. The molecule has 0 saturated heterocycles. The minimum absolute atomic E-state index is 0.161. The predicted octanol–water partition coefficient (Wildman–Crippen LogP) is 2.84. The van der Waals surface area contributed by atoms with Gasteiger partial charge in [0.25, 0.3) is 0 Å². The van der Waals surface area contributed by atoms with Crippen molar-refractivity contribution in [3.63, 3.8) is 0 Å². The molecule has 0 spiro atoms. The Morgan fingerprint density at radius 3 is 2.29 bits per heavy atom. The van der Waals surface area contributed by atoms with Gasteiger partial charge in [-0.3, -0.25) is 0 Å². The Morgan fingerprint density at radius 1 is 1.24 bits per heavy atom. The van der Waals surface area contributed by atoms with Crippen LogP contribution in [0, 0.1) is 0 Å². The quantitative estimate of drug-likeness (QED) is 0.784. The van der Waals surface area contributed by atoms with Gasteiger partial charge in [0.15, 0.2) is 0 Å². The zero-order valence-corrected chi connectivity index (χ0v) is 12.4. The van der Waals surface area contributed by atoms with E-state index in [-0.39, 0.29) is 5.54 Å². The van der Waals surface area contributed by atoms with Gasteiger partial charge in [-0.2, -0.15) is 0 Å². The fourth-order valence-corrected chi connectivity index (χ4v) is 2.26. The lowest BCUT2D eigenvalue weighted by Crippen LogP contribution is -2.46. The topological polar surface area (TPSA) is 15.3 Å². The van der Waals surface area contributed by atoms with Crippen LogP contribution in [0.1, 0.15) is 19.4 Å². The van der Waals surface area contributed by atoms with E-state index in [0.29, 0.717) is 0 Å². The van der Waals surface area contributed by atoms with Crippen LogP contribution in [-0.2, 0) is 6.54 Å². The number of nitrogens with zero attached hydrogens (tertiary/aromatic N) is 1. The van der Waals surface area contributed by atoms with E-state index >= 15 is 0 Å². The molecule has 0 amide bonds. The lowest BCUT2D eigenvalue weighted by molar-refractivity contribution is 0.238. The van der Waals surface area contributed by atoms with E-state index in [1.165, 1.54) is 10.5 Å². The minimum Gasteiger partial charge on any atom is -0.314 e. The highest BCUT2D eigenvalue weighted by Gasteiger charge is 2.17. The van der Waals surface area contributed by atoms with Crippen molar-refractivity contribution in [2.75, 3.05) is 26.9 Å². The van der Waals surface area contributed by atoms with Gasteiger partial charge in [-0.15, -0.1) is 11.8 Å². The van der Waals surface area contributed by atoms with Crippen LogP contribution in [0.2, 0.25) is 0 Å². The normalized spacial score (nSPS) is 12.1. The molecule has 96 valence electrons. The Kier molecular flexibility index (Phi) is 5.50. The minimum atomic E-state index is 0.161. The van der Waals surface area contributed by atoms with E-state index < -0.39 is 0 Å². The monoisotopic (exact) mass is 252 g/mol. The third-order valence-corrected chi connectivity index (χ3v) is 3.70. The number of likely N-dealkylation sites (N-methyl/N-ethyl adjacent to an activating group) is 2. The second kappa shape index (κ2) is 6.43. The van der Waals surface area contributed by atoms with E-state index in [1.54, 1.807) is 11.8 Å². The van der Waals surface area contributed by atoms with Crippen LogP contribution < -0.4 is 5.32 Å². The summed E-state index contributed by atoms with van der Waals surface area (Å²) in [5.74, 6) is 0. The van der Waals surface area contributed by atoms with Gasteiger partial charge in [0.05, 0.1) is 0 Å². The molecule has 0 heterocycles. The SMILES string of the molecule is CNC(C)(C)CN(C)Cc1ccc(SC)cc1. The van der Waals surface area contributed by atoms with Crippen molar-refractivity contribution in [2.24, 2.45) is 0 Å². The summed E-state index contributed by atoms with van der Waals surface area (Å²) >= 11 is 1.79. The molecule has 1 aromatic rings. The molecule has 0 atom stereocenters. The number of thioether (sulfide) groups is 1. The molecule has 0 aromatic heterocycles. The first-order chi connectivity index (χ1) is 7.96. The molecule has 3 heteroatoms. The molecule has 0 unspecified atom stereocenters. The van der Waals surface area contributed by atoms with Gasteiger partial charge in [0.2, 0.25) is 0 Å². The first kappa shape index (κ1) is 14.6. The molecule has 17 heavy (non-hydrogen) atoms. The van der Waals surface area contributed by atoms with Gasteiger partial charge in [0, 0.05) is 23.5 Å². The Morgan fingerprint density at radius 2 is 1.82 bits per heavy atom. The number of rotatable bonds is 6. The molecule has 0 radical (unpaired) electrons. The molecule has 1 N–H and O–H groups in total. The van der Waals surface area contributed by atoms with E-state index in [4.69, 9.17) is 0 Å². The fourth-order valence-electron chi connectivity index (χ4n) is 1.85. The maximum atomic E-state index is 3.33. The summed E-state index contributed by atoms with van der Waals surface area (Å²) in [5, 5.41) is 3.33. The summed E-state index contributed by atoms with van der Waals surface area (Å²) < 4.78 is 0. The van der Waals surface area contributed by atoms with Gasteiger partial charge in [-0.1, -0.05) is 12.1 Å². The zero-order chi connectivity index (χ0) is 12.9. The summed E-state index contributed by atoms with van der Waals surface area (Å²) in [7, 11) is 4.18. The van der Waals surface area contributed by atoms with Crippen molar-refractivity contribution in [3.8, 4) is 0 Å². The lowest BCUT2D eigenvalue weighted by atomic mass is 10.1. The number of hydrogen-bond acceptors (Lipinski definition) is 3. The summed E-state index contributed by atoms with van der Waals surface area (Å²) in [4.78, 5) is 3.68. The maximum Gasteiger partial charge on any atom is 0.0249 e. The number of benzene rings is 1. The molecule has 0 aliphatic rings. The Labute approximate surface area is 110 Å². The van der Waals surface area contributed by atoms with Crippen molar-refractivity contribution in [2.45, 2.75) is 30.8 Å². The van der Waals surface area contributed by atoms with Gasteiger partial charge >= 0.3 is 0 Å². The average Bonchev–Trinajstić information content (AvgIpc) is 2.29. The summed E-state index contributed by atoms with van der Waals surface area (Å²) in [5.41, 5.74) is 1.53. The lowest BCUT2D eigenvalue weighted by Gasteiger charge is -2.30. The van der Waals surface area contributed by atoms with Crippen LogP contribution in [0.3, 0.4) is 0 Å². The fraction of sp³-hybridized carbons (Fsp3) is 0.571. The number of nitrogens with one attached hydrogen (secondary N) is 1. The van der Waals surface area contributed by atoms with Gasteiger partial charge in [-0.05, 0) is 51.9 Å². The molecule has 0 aliphatic carbocycles. The van der Waals surface area contributed by atoms with Crippen LogP contribution >= 0.6 is 11.8 Å². The first-order valence-corrected chi connectivity index (χ1v) is 7.20. The summed E-state index contributed by atoms with van der Waals surface area (Å²) in [6.07, 6.45) is 2.11. The predicted molar refractivity (Wildman–Crippen MR) is 77.7 cm³/mol. The van der Waals surface area contributed by atoms with E-state index in [9.17, 15) is 0 Å². The maximum absolute atomic E-state index is 3.33. The third-order valence-electron chi connectivity index (χ3n) is 2.95. The van der Waals surface area contributed by atoms with Crippen molar-refractivity contribution in [1.29, 1.82) is 0 Å². The second-order valence-corrected chi connectivity index (χ2v) is 6.03.